The molecule has 0 radical (unpaired) electrons. The maximum absolute atomic E-state index is 12.7. The summed E-state index contributed by atoms with van der Waals surface area (Å²) in [5, 5.41) is 5.61. The van der Waals surface area contributed by atoms with Crippen LogP contribution in [0, 0.1) is 5.92 Å². The zero-order valence-electron chi connectivity index (χ0n) is 15.5. The van der Waals surface area contributed by atoms with Gasteiger partial charge in [-0.25, -0.2) is 12.7 Å². The van der Waals surface area contributed by atoms with Crippen LogP contribution < -0.4 is 10.6 Å². The van der Waals surface area contributed by atoms with Crippen LogP contribution in [0.15, 0.2) is 24.3 Å². The molecule has 0 unspecified atom stereocenters. The van der Waals surface area contributed by atoms with Crippen molar-refractivity contribution in [3.63, 3.8) is 0 Å². The standard InChI is InChI=1S/C18H27N3O4S/c1-4-26(24,25)21-11-7-8-14(12-21)17(22)20-16-10-6-5-9-15(16)18(23)19-13(2)3/h5-6,9-10,13-14H,4,7-8,11-12H2,1-3H3,(H,19,23)(H,20,22)/t14-/m1/s1. The van der Waals surface area contributed by atoms with Gasteiger partial charge in [-0.05, 0) is 45.7 Å². The molecule has 0 aromatic heterocycles. The lowest BCUT2D eigenvalue weighted by Gasteiger charge is -2.31. The Labute approximate surface area is 155 Å². The number of rotatable bonds is 6. The summed E-state index contributed by atoms with van der Waals surface area (Å²) in [6.45, 7) is 5.96. The second-order valence-electron chi connectivity index (χ2n) is 6.76. The molecule has 1 aliphatic heterocycles. The Bertz CT molecular complexity index is 761. The Morgan fingerprint density at radius 2 is 1.96 bits per heavy atom. The SMILES string of the molecule is CCS(=O)(=O)N1CCC[C@@H](C(=O)Nc2ccccc2C(=O)NC(C)C)C1. The molecule has 8 heteroatoms. The zero-order chi connectivity index (χ0) is 19.3. The molecule has 1 aliphatic rings. The number of nitrogens with one attached hydrogen (secondary N) is 2. The minimum atomic E-state index is -3.31. The second-order valence-corrected chi connectivity index (χ2v) is 9.02. The van der Waals surface area contributed by atoms with Crippen molar-refractivity contribution in [2.75, 3.05) is 24.2 Å². The molecule has 0 bridgehead atoms. The number of carbonyl (C=O) groups excluding carboxylic acids is 2. The summed E-state index contributed by atoms with van der Waals surface area (Å²) in [7, 11) is -3.31. The van der Waals surface area contributed by atoms with Gasteiger partial charge in [0, 0.05) is 19.1 Å². The van der Waals surface area contributed by atoms with Gasteiger partial charge in [-0.2, -0.15) is 0 Å². The van der Waals surface area contributed by atoms with Crippen molar-refractivity contribution in [1.82, 2.24) is 9.62 Å². The number of amides is 2. The number of hydrogen-bond donors (Lipinski definition) is 2. The summed E-state index contributed by atoms with van der Waals surface area (Å²) in [4.78, 5) is 25.0. The summed E-state index contributed by atoms with van der Waals surface area (Å²) in [5.41, 5.74) is 0.828. The molecule has 1 fully saturated rings. The monoisotopic (exact) mass is 381 g/mol. The first-order chi connectivity index (χ1) is 12.2. The molecule has 1 aromatic carbocycles. The second kappa shape index (κ2) is 8.64. The quantitative estimate of drug-likeness (QED) is 0.786. The average Bonchev–Trinajstić information content (AvgIpc) is 2.61. The molecular formula is C18H27N3O4S. The van der Waals surface area contributed by atoms with Gasteiger partial charge >= 0.3 is 0 Å². The van der Waals surface area contributed by atoms with E-state index in [1.54, 1.807) is 31.2 Å². The highest BCUT2D eigenvalue weighted by Gasteiger charge is 2.31. The maximum atomic E-state index is 12.7. The first-order valence-electron chi connectivity index (χ1n) is 8.93. The maximum Gasteiger partial charge on any atom is 0.253 e. The molecule has 0 saturated carbocycles. The van der Waals surface area contributed by atoms with E-state index in [-0.39, 0.29) is 30.2 Å². The fourth-order valence-electron chi connectivity index (χ4n) is 2.96. The molecule has 1 aromatic rings. The molecule has 1 atom stereocenters. The molecule has 1 heterocycles. The molecule has 0 aliphatic carbocycles. The third kappa shape index (κ3) is 5.04. The average molecular weight is 381 g/mol. The molecule has 1 saturated heterocycles. The number of piperidine rings is 1. The fraction of sp³-hybridized carbons (Fsp3) is 0.556. The first kappa shape index (κ1) is 20.4. The van der Waals surface area contributed by atoms with Crippen LogP contribution in [-0.4, -0.2) is 49.4 Å². The van der Waals surface area contributed by atoms with Crippen molar-refractivity contribution < 1.29 is 18.0 Å². The van der Waals surface area contributed by atoms with Gasteiger partial charge in [0.05, 0.1) is 22.9 Å². The van der Waals surface area contributed by atoms with Crippen LogP contribution in [0.5, 0.6) is 0 Å². The van der Waals surface area contributed by atoms with Gasteiger partial charge in [0.2, 0.25) is 15.9 Å². The summed E-state index contributed by atoms with van der Waals surface area (Å²) in [6, 6.07) is 6.80. The van der Waals surface area contributed by atoms with Gasteiger partial charge in [-0.3, -0.25) is 9.59 Å². The molecule has 2 amide bonds. The molecule has 2 rings (SSSR count). The number of nitrogens with zero attached hydrogens (tertiary/aromatic N) is 1. The van der Waals surface area contributed by atoms with E-state index in [0.717, 1.165) is 0 Å². The van der Waals surface area contributed by atoms with Gasteiger partial charge in [0.25, 0.3) is 5.91 Å². The number of para-hydroxylation sites is 1. The van der Waals surface area contributed by atoms with Crippen molar-refractivity contribution in [3.05, 3.63) is 29.8 Å². The summed E-state index contributed by atoms with van der Waals surface area (Å²) < 4.78 is 25.5. The summed E-state index contributed by atoms with van der Waals surface area (Å²) >= 11 is 0. The van der Waals surface area contributed by atoms with E-state index in [9.17, 15) is 18.0 Å². The van der Waals surface area contributed by atoms with Crippen molar-refractivity contribution in [3.8, 4) is 0 Å². The van der Waals surface area contributed by atoms with E-state index in [1.807, 2.05) is 13.8 Å². The van der Waals surface area contributed by atoms with Crippen LogP contribution in [0.2, 0.25) is 0 Å². The van der Waals surface area contributed by atoms with Crippen LogP contribution >= 0.6 is 0 Å². The highest BCUT2D eigenvalue weighted by molar-refractivity contribution is 7.89. The zero-order valence-corrected chi connectivity index (χ0v) is 16.3. The Hall–Kier alpha value is -1.93. The van der Waals surface area contributed by atoms with Crippen molar-refractivity contribution >= 4 is 27.5 Å². The third-order valence-corrected chi connectivity index (χ3v) is 6.21. The van der Waals surface area contributed by atoms with Crippen LogP contribution in [0.1, 0.15) is 44.0 Å². The molecule has 144 valence electrons. The van der Waals surface area contributed by atoms with Crippen LogP contribution in [0.3, 0.4) is 0 Å². The van der Waals surface area contributed by atoms with Gasteiger partial charge in [-0.15, -0.1) is 0 Å². The predicted octanol–water partition coefficient (Wildman–Crippen LogP) is 1.82. The third-order valence-electron chi connectivity index (χ3n) is 4.36. The minimum absolute atomic E-state index is 0.0163. The Kier molecular flexibility index (Phi) is 6.77. The normalized spacial score (nSPS) is 18.5. The van der Waals surface area contributed by atoms with Crippen LogP contribution in [0.4, 0.5) is 5.69 Å². The molecule has 26 heavy (non-hydrogen) atoms. The molecule has 7 nitrogen and oxygen atoms in total. The lowest BCUT2D eigenvalue weighted by atomic mass is 9.98. The van der Waals surface area contributed by atoms with Gasteiger partial charge < -0.3 is 10.6 Å². The van der Waals surface area contributed by atoms with E-state index in [0.29, 0.717) is 30.6 Å². The van der Waals surface area contributed by atoms with Crippen molar-refractivity contribution in [2.24, 2.45) is 5.92 Å². The Morgan fingerprint density at radius 3 is 2.62 bits per heavy atom. The smallest absolute Gasteiger partial charge is 0.253 e. The number of anilines is 1. The van der Waals surface area contributed by atoms with Gasteiger partial charge in [-0.1, -0.05) is 12.1 Å². The van der Waals surface area contributed by atoms with E-state index in [4.69, 9.17) is 0 Å². The lowest BCUT2D eigenvalue weighted by molar-refractivity contribution is -0.120. The Balaban J connectivity index is 2.11. The summed E-state index contributed by atoms with van der Waals surface area (Å²) in [6.07, 6.45) is 1.27. The van der Waals surface area contributed by atoms with Crippen molar-refractivity contribution in [1.29, 1.82) is 0 Å². The highest BCUT2D eigenvalue weighted by atomic mass is 32.2. The topological polar surface area (TPSA) is 95.6 Å². The Morgan fingerprint density at radius 1 is 1.27 bits per heavy atom. The van der Waals surface area contributed by atoms with Gasteiger partial charge in [0.15, 0.2) is 0 Å². The largest absolute Gasteiger partial charge is 0.350 e. The highest BCUT2D eigenvalue weighted by Crippen LogP contribution is 2.22. The number of sulfonamides is 1. The van der Waals surface area contributed by atoms with E-state index < -0.39 is 15.9 Å². The molecule has 2 N–H and O–H groups in total. The number of hydrogen-bond acceptors (Lipinski definition) is 4. The van der Waals surface area contributed by atoms with Crippen LogP contribution in [-0.2, 0) is 14.8 Å². The van der Waals surface area contributed by atoms with Crippen molar-refractivity contribution in [2.45, 2.75) is 39.7 Å². The van der Waals surface area contributed by atoms with Crippen LogP contribution in [0.25, 0.3) is 0 Å². The molecular weight excluding hydrogens is 354 g/mol. The fourth-order valence-corrected chi connectivity index (χ4v) is 4.14. The predicted molar refractivity (Wildman–Crippen MR) is 101 cm³/mol. The first-order valence-corrected chi connectivity index (χ1v) is 10.5. The summed E-state index contributed by atoms with van der Waals surface area (Å²) in [5.74, 6) is -0.911. The van der Waals surface area contributed by atoms with E-state index in [2.05, 4.69) is 10.6 Å². The number of benzene rings is 1. The van der Waals surface area contributed by atoms with E-state index >= 15 is 0 Å². The van der Waals surface area contributed by atoms with Gasteiger partial charge in [0.1, 0.15) is 0 Å². The lowest BCUT2D eigenvalue weighted by Crippen LogP contribution is -2.44. The number of carbonyl (C=O) groups is 2. The minimum Gasteiger partial charge on any atom is -0.350 e. The molecule has 0 spiro atoms. The van der Waals surface area contributed by atoms with E-state index in [1.165, 1.54) is 4.31 Å².